The summed E-state index contributed by atoms with van der Waals surface area (Å²) >= 11 is 1.70. The van der Waals surface area contributed by atoms with Crippen molar-refractivity contribution in [2.45, 2.75) is 5.37 Å². The fraction of sp³-hybridized carbons (Fsp3) is 0.571. The van der Waals surface area contributed by atoms with E-state index in [0.717, 1.165) is 45.0 Å². The number of amides is 1. The van der Waals surface area contributed by atoms with Crippen molar-refractivity contribution in [3.63, 3.8) is 0 Å². The topological polar surface area (TPSA) is 45.7 Å². The molecule has 2 saturated heterocycles. The number of rotatable bonds is 4. The highest BCUT2D eigenvalue weighted by Gasteiger charge is 2.32. The first-order chi connectivity index (χ1) is 9.84. The number of ether oxygens (including phenoxy) is 1. The van der Waals surface area contributed by atoms with Gasteiger partial charge in [0.2, 0.25) is 5.91 Å². The largest absolute Gasteiger partial charge is 0.379 e. The standard InChI is InChI=1S/C14H19N3O2S/c18-13-11-20-14(12-1-3-15-4-2-12)17(13)6-5-16-7-9-19-10-8-16/h1-4,14H,5-11H2/t14-/m1/s1. The number of morpholine rings is 1. The number of carbonyl (C=O) groups excluding carboxylic acids is 1. The second kappa shape index (κ2) is 6.56. The van der Waals surface area contributed by atoms with Gasteiger partial charge in [-0.25, -0.2) is 0 Å². The van der Waals surface area contributed by atoms with E-state index >= 15 is 0 Å². The molecule has 2 aliphatic rings. The summed E-state index contributed by atoms with van der Waals surface area (Å²) in [5.41, 5.74) is 1.16. The van der Waals surface area contributed by atoms with Crippen LogP contribution in [0.15, 0.2) is 24.5 Å². The monoisotopic (exact) mass is 293 g/mol. The summed E-state index contributed by atoms with van der Waals surface area (Å²) < 4.78 is 5.35. The first kappa shape index (κ1) is 13.9. The van der Waals surface area contributed by atoms with Crippen molar-refractivity contribution >= 4 is 17.7 Å². The molecule has 5 nitrogen and oxygen atoms in total. The molecule has 0 saturated carbocycles. The lowest BCUT2D eigenvalue weighted by atomic mass is 10.2. The Labute approximate surface area is 123 Å². The van der Waals surface area contributed by atoms with Gasteiger partial charge in [0.05, 0.1) is 19.0 Å². The van der Waals surface area contributed by atoms with Gasteiger partial charge in [-0.15, -0.1) is 11.8 Å². The summed E-state index contributed by atoms with van der Waals surface area (Å²) in [5, 5.41) is 0.145. The zero-order valence-electron chi connectivity index (χ0n) is 11.4. The maximum atomic E-state index is 12.1. The molecule has 1 atom stereocenters. The molecule has 0 spiro atoms. The van der Waals surface area contributed by atoms with E-state index < -0.39 is 0 Å². The predicted molar refractivity (Wildman–Crippen MR) is 78.4 cm³/mol. The van der Waals surface area contributed by atoms with Crippen molar-refractivity contribution in [2.24, 2.45) is 0 Å². The molecule has 2 aliphatic heterocycles. The van der Waals surface area contributed by atoms with Gasteiger partial charge in [0.25, 0.3) is 0 Å². The molecule has 0 radical (unpaired) electrons. The summed E-state index contributed by atoms with van der Waals surface area (Å²) in [6.45, 7) is 5.26. The van der Waals surface area contributed by atoms with Crippen molar-refractivity contribution in [3.8, 4) is 0 Å². The normalized spacial score (nSPS) is 24.3. The van der Waals surface area contributed by atoms with Crippen LogP contribution in [0.4, 0.5) is 0 Å². The van der Waals surface area contributed by atoms with Gasteiger partial charge in [-0.05, 0) is 17.7 Å². The number of hydrogen-bond acceptors (Lipinski definition) is 5. The molecule has 0 unspecified atom stereocenters. The zero-order valence-corrected chi connectivity index (χ0v) is 12.2. The molecule has 108 valence electrons. The smallest absolute Gasteiger partial charge is 0.233 e. The Kier molecular flexibility index (Phi) is 4.54. The Morgan fingerprint density at radius 3 is 2.75 bits per heavy atom. The first-order valence-electron chi connectivity index (χ1n) is 6.96. The average Bonchev–Trinajstić information content (AvgIpc) is 2.88. The Balaban J connectivity index is 1.62. The summed E-state index contributed by atoms with van der Waals surface area (Å²) in [6, 6.07) is 4.00. The zero-order chi connectivity index (χ0) is 13.8. The number of pyridine rings is 1. The van der Waals surface area contributed by atoms with Crippen molar-refractivity contribution in [1.29, 1.82) is 0 Å². The minimum absolute atomic E-state index is 0.145. The molecule has 3 heterocycles. The molecule has 3 rings (SSSR count). The summed E-state index contributed by atoms with van der Waals surface area (Å²) in [5.74, 6) is 0.820. The molecule has 0 aliphatic carbocycles. The fourth-order valence-corrected chi connectivity index (χ4v) is 3.79. The quantitative estimate of drug-likeness (QED) is 0.828. The van der Waals surface area contributed by atoms with E-state index in [9.17, 15) is 4.79 Å². The lowest BCUT2D eigenvalue weighted by Crippen LogP contribution is -2.42. The van der Waals surface area contributed by atoms with Crippen LogP contribution in [-0.4, -0.2) is 65.8 Å². The molecule has 0 aromatic carbocycles. The van der Waals surface area contributed by atoms with Crippen molar-refractivity contribution in [1.82, 2.24) is 14.8 Å². The van der Waals surface area contributed by atoms with E-state index in [1.54, 1.807) is 24.2 Å². The molecular formula is C14H19N3O2S. The van der Waals surface area contributed by atoms with Crippen LogP contribution < -0.4 is 0 Å². The Hall–Kier alpha value is -1.11. The SMILES string of the molecule is O=C1CS[C@H](c2ccncc2)N1CCN1CCOCC1. The van der Waals surface area contributed by atoms with Crippen LogP contribution in [-0.2, 0) is 9.53 Å². The van der Waals surface area contributed by atoms with Crippen LogP contribution in [0.3, 0.4) is 0 Å². The van der Waals surface area contributed by atoms with Gasteiger partial charge in [-0.2, -0.15) is 0 Å². The molecule has 1 aromatic heterocycles. The molecule has 1 aromatic rings. The van der Waals surface area contributed by atoms with Crippen LogP contribution >= 0.6 is 11.8 Å². The fourth-order valence-electron chi connectivity index (χ4n) is 2.57. The predicted octanol–water partition coefficient (Wildman–Crippen LogP) is 0.988. The number of carbonyl (C=O) groups is 1. The highest BCUT2D eigenvalue weighted by molar-refractivity contribution is 8.00. The van der Waals surface area contributed by atoms with Crippen molar-refractivity contribution in [3.05, 3.63) is 30.1 Å². The van der Waals surface area contributed by atoms with E-state index in [2.05, 4.69) is 9.88 Å². The Morgan fingerprint density at radius 2 is 2.00 bits per heavy atom. The Bertz CT molecular complexity index is 451. The number of thioether (sulfide) groups is 1. The number of hydrogen-bond donors (Lipinski definition) is 0. The van der Waals surface area contributed by atoms with Gasteiger partial charge in [0.15, 0.2) is 0 Å². The lowest BCUT2D eigenvalue weighted by molar-refractivity contribution is -0.128. The third-order valence-electron chi connectivity index (χ3n) is 3.72. The van der Waals surface area contributed by atoms with Crippen LogP contribution in [0.25, 0.3) is 0 Å². The van der Waals surface area contributed by atoms with Gasteiger partial charge in [-0.1, -0.05) is 0 Å². The van der Waals surface area contributed by atoms with Gasteiger partial charge < -0.3 is 9.64 Å². The minimum Gasteiger partial charge on any atom is -0.379 e. The number of nitrogens with zero attached hydrogens (tertiary/aromatic N) is 3. The Morgan fingerprint density at radius 1 is 1.25 bits per heavy atom. The van der Waals surface area contributed by atoms with Crippen molar-refractivity contribution < 1.29 is 9.53 Å². The van der Waals surface area contributed by atoms with Crippen LogP contribution in [0.5, 0.6) is 0 Å². The highest BCUT2D eigenvalue weighted by atomic mass is 32.2. The summed E-state index contributed by atoms with van der Waals surface area (Å²) in [6.07, 6.45) is 3.58. The summed E-state index contributed by atoms with van der Waals surface area (Å²) in [7, 11) is 0. The second-order valence-corrected chi connectivity index (χ2v) is 6.05. The number of aromatic nitrogens is 1. The van der Waals surface area contributed by atoms with E-state index in [0.29, 0.717) is 5.75 Å². The van der Waals surface area contributed by atoms with Gasteiger partial charge in [0, 0.05) is 38.6 Å². The molecule has 6 heteroatoms. The van der Waals surface area contributed by atoms with Crippen molar-refractivity contribution in [2.75, 3.05) is 45.1 Å². The molecular weight excluding hydrogens is 274 g/mol. The summed E-state index contributed by atoms with van der Waals surface area (Å²) in [4.78, 5) is 20.5. The van der Waals surface area contributed by atoms with Crippen LogP contribution in [0, 0.1) is 0 Å². The maximum absolute atomic E-state index is 12.1. The average molecular weight is 293 g/mol. The van der Waals surface area contributed by atoms with E-state index in [1.165, 1.54) is 0 Å². The van der Waals surface area contributed by atoms with Gasteiger partial charge in [-0.3, -0.25) is 14.7 Å². The van der Waals surface area contributed by atoms with E-state index in [1.807, 2.05) is 17.0 Å². The third-order valence-corrected chi connectivity index (χ3v) is 4.98. The van der Waals surface area contributed by atoms with Gasteiger partial charge in [0.1, 0.15) is 5.37 Å². The third kappa shape index (κ3) is 3.13. The molecule has 2 fully saturated rings. The minimum atomic E-state index is 0.145. The van der Waals surface area contributed by atoms with E-state index in [4.69, 9.17) is 4.74 Å². The highest BCUT2D eigenvalue weighted by Crippen LogP contribution is 2.37. The lowest BCUT2D eigenvalue weighted by Gasteiger charge is -2.30. The molecule has 0 N–H and O–H groups in total. The first-order valence-corrected chi connectivity index (χ1v) is 8.00. The van der Waals surface area contributed by atoms with Crippen LogP contribution in [0.2, 0.25) is 0 Å². The van der Waals surface area contributed by atoms with Crippen LogP contribution in [0.1, 0.15) is 10.9 Å². The second-order valence-electron chi connectivity index (χ2n) is 4.99. The van der Waals surface area contributed by atoms with Gasteiger partial charge >= 0.3 is 0 Å². The van der Waals surface area contributed by atoms with E-state index in [-0.39, 0.29) is 11.3 Å². The molecule has 0 bridgehead atoms. The molecule has 1 amide bonds. The molecule has 20 heavy (non-hydrogen) atoms. The maximum Gasteiger partial charge on any atom is 0.233 e.